The molecule has 0 amide bonds. The fourth-order valence-corrected chi connectivity index (χ4v) is 2.92. The summed E-state index contributed by atoms with van der Waals surface area (Å²) in [6.45, 7) is 0. The van der Waals surface area contributed by atoms with Gasteiger partial charge in [-0.3, -0.25) is 0 Å². The highest BCUT2D eigenvalue weighted by molar-refractivity contribution is 8.13. The van der Waals surface area contributed by atoms with Crippen molar-refractivity contribution in [3.05, 3.63) is 17.3 Å². The molecule has 1 rings (SSSR count). The predicted octanol–water partition coefficient (Wildman–Crippen LogP) is 3.58. The minimum atomic E-state index is -5.28. The Kier molecular flexibility index (Phi) is 5.03. The van der Waals surface area contributed by atoms with Gasteiger partial charge in [-0.05, 0) is 0 Å². The quantitative estimate of drug-likeness (QED) is 0.468. The van der Waals surface area contributed by atoms with Crippen LogP contribution < -0.4 is 4.74 Å². The zero-order valence-corrected chi connectivity index (χ0v) is 11.4. The Morgan fingerprint density at radius 2 is 1.90 bits per heavy atom. The molecule has 1 aromatic heterocycles. The van der Waals surface area contributed by atoms with E-state index in [4.69, 9.17) is 22.3 Å². The lowest BCUT2D eigenvalue weighted by Gasteiger charge is -2.15. The van der Waals surface area contributed by atoms with E-state index in [-0.39, 0.29) is 0 Å². The normalized spacial score (nSPS) is 12.8. The van der Waals surface area contributed by atoms with Crippen LogP contribution in [0.4, 0.5) is 22.0 Å². The van der Waals surface area contributed by atoms with Gasteiger partial charge in [0, 0.05) is 33.9 Å². The number of ether oxygens (including phenoxy) is 1. The lowest BCUT2D eigenvalue weighted by Crippen LogP contribution is -2.20. The minimum Gasteiger partial charge on any atom is -0.386 e. The number of hydrogen-bond donors (Lipinski definition) is 0. The first-order chi connectivity index (χ1) is 8.97. The molecule has 12 heteroatoms. The summed E-state index contributed by atoms with van der Waals surface area (Å²) in [6, 6.07) is 0. The molecule has 0 aliphatic carbocycles. The van der Waals surface area contributed by atoms with Gasteiger partial charge in [0.05, 0.1) is 0 Å². The summed E-state index contributed by atoms with van der Waals surface area (Å²) in [6.07, 6.45) is -8.14. The highest BCUT2D eigenvalue weighted by atomic mass is 35.7. The van der Waals surface area contributed by atoms with Crippen LogP contribution in [0.5, 0.6) is 5.88 Å². The highest BCUT2D eigenvalue weighted by Gasteiger charge is 2.37. The predicted molar refractivity (Wildman–Crippen MR) is 58.5 cm³/mol. The van der Waals surface area contributed by atoms with Crippen molar-refractivity contribution in [3.63, 3.8) is 0 Å². The molecule has 0 aliphatic rings. The van der Waals surface area contributed by atoms with E-state index in [1.807, 2.05) is 0 Å². The van der Waals surface area contributed by atoms with E-state index in [1.54, 1.807) is 0 Å². The van der Waals surface area contributed by atoms with Crippen LogP contribution in [0, 0.1) is 0 Å². The van der Waals surface area contributed by atoms with Crippen molar-refractivity contribution >= 4 is 31.3 Å². The van der Waals surface area contributed by atoms with Gasteiger partial charge in [-0.25, -0.2) is 22.2 Å². The van der Waals surface area contributed by atoms with Gasteiger partial charge in [0.25, 0.3) is 15.5 Å². The maximum atomic E-state index is 12.7. The van der Waals surface area contributed by atoms with E-state index in [0.29, 0.717) is 6.20 Å². The van der Waals surface area contributed by atoms with Crippen LogP contribution in [-0.2, 0) is 14.9 Å². The smallest absolute Gasteiger partial charge is 0.386 e. The number of nitrogens with zero attached hydrogens (tertiary/aromatic N) is 1. The van der Waals surface area contributed by atoms with E-state index < -0.39 is 49.6 Å². The minimum absolute atomic E-state index is 0.342. The lowest BCUT2D eigenvalue weighted by molar-refractivity contribution is -0.277. The molecule has 0 radical (unpaired) electrons. The van der Waals surface area contributed by atoms with E-state index in [1.165, 1.54) is 0 Å². The highest BCUT2D eigenvalue weighted by Crippen LogP contribution is 2.37. The first-order valence-electron chi connectivity index (χ1n) is 4.53. The molecule has 0 N–H and O–H groups in total. The Labute approximate surface area is 118 Å². The molecule has 114 valence electrons. The molecule has 0 bridgehead atoms. The van der Waals surface area contributed by atoms with E-state index >= 15 is 0 Å². The first kappa shape index (κ1) is 17.2. The van der Waals surface area contributed by atoms with Gasteiger partial charge in [0.1, 0.15) is 4.90 Å². The van der Waals surface area contributed by atoms with Crippen LogP contribution in [0.2, 0.25) is 0 Å². The zero-order valence-electron chi connectivity index (χ0n) is 9.09. The fraction of sp³-hybridized carbons (Fsp3) is 0.375. The summed E-state index contributed by atoms with van der Waals surface area (Å²) in [5, 5.41) is 0. The Balaban J connectivity index is 3.63. The van der Waals surface area contributed by atoms with Crippen LogP contribution in [0.3, 0.4) is 0 Å². The summed E-state index contributed by atoms with van der Waals surface area (Å²) in [5.41, 5.74) is -1.75. The van der Waals surface area contributed by atoms with Crippen molar-refractivity contribution in [1.29, 1.82) is 0 Å². The van der Waals surface area contributed by atoms with Crippen LogP contribution in [0.15, 0.2) is 11.1 Å². The number of hydrogen-bond acceptors (Lipinski definition) is 4. The van der Waals surface area contributed by atoms with Crippen LogP contribution in [0.25, 0.3) is 0 Å². The SMILES string of the molecule is O=S(=O)(Cl)c1c(OC(F)(F)F)ncc(C(F)F)c1CCl. The Morgan fingerprint density at radius 3 is 2.25 bits per heavy atom. The molecule has 0 spiro atoms. The maximum Gasteiger partial charge on any atom is 0.574 e. The maximum absolute atomic E-state index is 12.7. The first-order valence-corrected chi connectivity index (χ1v) is 7.38. The molecular formula is C8H4Cl2F5NO3S. The standard InChI is InChI=1S/C8H4Cl2F5NO3S/c9-1-3-4(6(11)12)2-16-7(19-8(13,14)15)5(3)20(10,17)18/h2,6H,1H2. The van der Waals surface area contributed by atoms with Crippen LogP contribution in [-0.4, -0.2) is 19.8 Å². The largest absolute Gasteiger partial charge is 0.574 e. The lowest BCUT2D eigenvalue weighted by atomic mass is 10.1. The van der Waals surface area contributed by atoms with Gasteiger partial charge in [0.15, 0.2) is 0 Å². The van der Waals surface area contributed by atoms with Gasteiger partial charge in [-0.2, -0.15) is 0 Å². The van der Waals surface area contributed by atoms with E-state index in [9.17, 15) is 30.4 Å². The van der Waals surface area contributed by atoms with Gasteiger partial charge in [0.2, 0.25) is 5.88 Å². The number of aromatic nitrogens is 1. The molecule has 0 atom stereocenters. The van der Waals surface area contributed by atoms with Gasteiger partial charge < -0.3 is 4.74 Å². The van der Waals surface area contributed by atoms with Gasteiger partial charge >= 0.3 is 6.36 Å². The Bertz CT molecular complexity index is 605. The molecule has 0 aliphatic heterocycles. The molecule has 1 aromatic rings. The van der Waals surface area contributed by atoms with Gasteiger partial charge in [-0.15, -0.1) is 24.8 Å². The second-order valence-corrected chi connectivity index (χ2v) is 6.02. The second-order valence-electron chi connectivity index (χ2n) is 3.25. The summed E-state index contributed by atoms with van der Waals surface area (Å²) in [4.78, 5) is 1.59. The third-order valence-corrected chi connectivity index (χ3v) is 3.60. The summed E-state index contributed by atoms with van der Waals surface area (Å²) < 4.78 is 87.6. The second kappa shape index (κ2) is 5.86. The molecule has 0 unspecified atom stereocenters. The van der Waals surface area contributed by atoms with Crippen molar-refractivity contribution in [3.8, 4) is 5.88 Å². The number of pyridine rings is 1. The van der Waals surface area contributed by atoms with Crippen molar-refractivity contribution in [2.75, 3.05) is 0 Å². The number of alkyl halides is 6. The molecule has 0 saturated heterocycles. The average molecular weight is 360 g/mol. The monoisotopic (exact) mass is 359 g/mol. The van der Waals surface area contributed by atoms with Crippen molar-refractivity contribution in [1.82, 2.24) is 4.98 Å². The van der Waals surface area contributed by atoms with Crippen molar-refractivity contribution in [2.45, 2.75) is 23.6 Å². The Hall–Kier alpha value is -0.870. The number of halogens is 7. The topological polar surface area (TPSA) is 56.3 Å². The third kappa shape index (κ3) is 4.06. The van der Waals surface area contributed by atoms with E-state index in [2.05, 4.69) is 9.72 Å². The summed E-state index contributed by atoms with van der Waals surface area (Å²) in [5.74, 6) is -2.29. The van der Waals surface area contributed by atoms with Crippen LogP contribution in [0.1, 0.15) is 17.6 Å². The average Bonchev–Trinajstić information content (AvgIpc) is 2.23. The number of rotatable bonds is 4. The molecule has 20 heavy (non-hydrogen) atoms. The van der Waals surface area contributed by atoms with Gasteiger partial charge in [-0.1, -0.05) is 0 Å². The van der Waals surface area contributed by atoms with Crippen molar-refractivity contribution < 1.29 is 35.1 Å². The van der Waals surface area contributed by atoms with Crippen molar-refractivity contribution in [2.24, 2.45) is 0 Å². The molecular weight excluding hydrogens is 356 g/mol. The Morgan fingerprint density at radius 1 is 1.35 bits per heavy atom. The molecule has 4 nitrogen and oxygen atoms in total. The zero-order chi connectivity index (χ0) is 15.7. The van der Waals surface area contributed by atoms with E-state index in [0.717, 1.165) is 0 Å². The summed E-state index contributed by atoms with van der Waals surface area (Å²) in [7, 11) is 0.0968. The molecule has 1 heterocycles. The molecule has 0 saturated carbocycles. The van der Waals surface area contributed by atoms with Crippen LogP contribution >= 0.6 is 22.3 Å². The molecule has 0 fully saturated rings. The fourth-order valence-electron chi connectivity index (χ4n) is 1.28. The summed E-state index contributed by atoms with van der Waals surface area (Å²) >= 11 is 5.31. The third-order valence-electron chi connectivity index (χ3n) is 1.96. The molecule has 0 aromatic carbocycles.